The highest BCUT2D eigenvalue weighted by Gasteiger charge is 2.21. The summed E-state index contributed by atoms with van der Waals surface area (Å²) >= 11 is 0. The molecule has 4 heterocycles. The minimum atomic E-state index is -0.677. The summed E-state index contributed by atoms with van der Waals surface area (Å²) < 4.78 is 9.06. The van der Waals surface area contributed by atoms with Gasteiger partial charge in [0.25, 0.3) is 0 Å². The number of anilines is 1. The average molecular weight is 414 g/mol. The quantitative estimate of drug-likeness (QED) is 0.245. The minimum absolute atomic E-state index is 0.0272. The third-order valence-corrected chi connectivity index (χ3v) is 3.89. The molecule has 0 aliphatic rings. The molecule has 0 radical (unpaired) electrons. The number of ether oxygens (including phenoxy) is 2. The molecule has 14 nitrogen and oxygen atoms in total. The van der Waals surface area contributed by atoms with Gasteiger partial charge in [-0.2, -0.15) is 0 Å². The fraction of sp³-hybridized carbons (Fsp3) is 0.125. The summed E-state index contributed by atoms with van der Waals surface area (Å²) in [5.74, 6) is -1.19. The van der Waals surface area contributed by atoms with Crippen molar-refractivity contribution in [2.24, 2.45) is 0 Å². The number of nitrogens with two attached hydrogens (primary N) is 1. The van der Waals surface area contributed by atoms with Crippen LogP contribution in [0.3, 0.4) is 0 Å². The lowest BCUT2D eigenvalue weighted by Crippen LogP contribution is -2.05. The molecule has 0 amide bonds. The van der Waals surface area contributed by atoms with Crippen LogP contribution in [0.25, 0.3) is 22.1 Å². The number of H-pyrrole nitrogens is 2. The van der Waals surface area contributed by atoms with Crippen molar-refractivity contribution >= 4 is 45.4 Å². The molecule has 14 heteroatoms. The number of carbonyl (C=O) groups excluding carboxylic acids is 2. The van der Waals surface area contributed by atoms with Crippen molar-refractivity contribution in [1.29, 1.82) is 0 Å². The van der Waals surface area contributed by atoms with Crippen molar-refractivity contribution in [1.82, 2.24) is 29.9 Å². The Hall–Kier alpha value is -4.62. The highest BCUT2D eigenvalue weighted by molar-refractivity contribution is 6.03. The van der Waals surface area contributed by atoms with Crippen molar-refractivity contribution in [3.63, 3.8) is 0 Å². The lowest BCUT2D eigenvalue weighted by atomic mass is 10.3. The number of aromatic nitrogens is 6. The number of aromatic amines is 2. The Labute approximate surface area is 166 Å². The largest absolute Gasteiger partial charge is 0.464 e. The van der Waals surface area contributed by atoms with Gasteiger partial charge in [-0.1, -0.05) is 0 Å². The van der Waals surface area contributed by atoms with Gasteiger partial charge in [-0.15, -0.1) is 0 Å². The van der Waals surface area contributed by atoms with Crippen LogP contribution in [0.4, 0.5) is 11.4 Å². The molecule has 0 aromatic carbocycles. The Kier molecular flexibility index (Phi) is 5.48. The lowest BCUT2D eigenvalue weighted by molar-refractivity contribution is -0.383. The summed E-state index contributed by atoms with van der Waals surface area (Å²) in [7, 11) is 2.50. The predicted molar refractivity (Wildman–Crippen MR) is 102 cm³/mol. The van der Waals surface area contributed by atoms with Gasteiger partial charge in [0.2, 0.25) is 0 Å². The zero-order valence-corrected chi connectivity index (χ0v) is 15.6. The Bertz CT molecular complexity index is 1260. The molecule has 0 spiro atoms. The Morgan fingerprint density at radius 1 is 0.933 bits per heavy atom. The van der Waals surface area contributed by atoms with Gasteiger partial charge in [0.15, 0.2) is 16.9 Å². The van der Waals surface area contributed by atoms with E-state index in [1.54, 1.807) is 6.20 Å². The standard InChI is InChI=1S/C8H6N4O4.C8H8N4O2/c1-16-8(13)7-6-5(10-3-11-7)4(2-9-6)12(14)15;1-14-8(13)7-6-5(11-3-12-7)4(9)2-10-6/h2-3,9H,1H3;2-3,10H,9H2,1H3. The number of methoxy groups -OCH3 is 2. The number of esters is 2. The molecule has 0 fully saturated rings. The number of carbonyl (C=O) groups is 2. The number of nitrogen functional groups attached to an aromatic ring is 1. The van der Waals surface area contributed by atoms with Gasteiger partial charge in [0.1, 0.15) is 29.2 Å². The molecule has 0 saturated heterocycles. The first-order valence-corrected chi connectivity index (χ1v) is 8.09. The van der Waals surface area contributed by atoms with E-state index >= 15 is 0 Å². The zero-order chi connectivity index (χ0) is 21.8. The molecule has 0 aliphatic heterocycles. The van der Waals surface area contributed by atoms with E-state index in [1.807, 2.05) is 0 Å². The van der Waals surface area contributed by atoms with Crippen LogP contribution in [0.1, 0.15) is 21.0 Å². The van der Waals surface area contributed by atoms with Gasteiger partial charge < -0.3 is 25.2 Å². The summed E-state index contributed by atoms with van der Waals surface area (Å²) in [6.45, 7) is 0. The molecular weight excluding hydrogens is 400 g/mol. The zero-order valence-electron chi connectivity index (χ0n) is 15.6. The van der Waals surface area contributed by atoms with Crippen molar-refractivity contribution in [3.05, 3.63) is 46.6 Å². The molecular formula is C16H14N8O6. The third kappa shape index (κ3) is 3.56. The molecule has 30 heavy (non-hydrogen) atoms. The van der Waals surface area contributed by atoms with Crippen LogP contribution in [0.5, 0.6) is 0 Å². The van der Waals surface area contributed by atoms with Gasteiger partial charge in [-0.3, -0.25) is 10.1 Å². The van der Waals surface area contributed by atoms with Gasteiger partial charge in [0.05, 0.1) is 31.0 Å². The number of hydrogen-bond acceptors (Lipinski definition) is 11. The molecule has 4 N–H and O–H groups in total. The van der Waals surface area contributed by atoms with Crippen LogP contribution in [-0.4, -0.2) is 61.0 Å². The maximum absolute atomic E-state index is 11.3. The lowest BCUT2D eigenvalue weighted by Gasteiger charge is -1.98. The summed E-state index contributed by atoms with van der Waals surface area (Å²) in [4.78, 5) is 53.2. The summed E-state index contributed by atoms with van der Waals surface area (Å²) in [6, 6.07) is 0. The van der Waals surface area contributed by atoms with Crippen molar-refractivity contribution in [2.45, 2.75) is 0 Å². The molecule has 4 aromatic rings. The molecule has 0 unspecified atom stereocenters. The average Bonchev–Trinajstić information content (AvgIpc) is 3.37. The fourth-order valence-electron chi connectivity index (χ4n) is 2.53. The molecule has 4 rings (SSSR count). The normalized spacial score (nSPS) is 10.3. The summed E-state index contributed by atoms with van der Waals surface area (Å²) in [5.41, 5.74) is 7.35. The summed E-state index contributed by atoms with van der Waals surface area (Å²) in [5, 5.41) is 10.6. The van der Waals surface area contributed by atoms with E-state index in [1.165, 1.54) is 20.5 Å². The van der Waals surface area contributed by atoms with E-state index in [0.717, 1.165) is 12.5 Å². The SMILES string of the molecule is COC(=O)c1ncnc2c(N)c[nH]c12.COC(=O)c1ncnc2c([N+](=O)[O-])c[nH]c12. The van der Waals surface area contributed by atoms with Gasteiger partial charge in [0, 0.05) is 6.20 Å². The van der Waals surface area contributed by atoms with E-state index in [0.29, 0.717) is 16.7 Å². The van der Waals surface area contributed by atoms with Crippen molar-refractivity contribution in [2.75, 3.05) is 20.0 Å². The number of fused-ring (bicyclic) bond motifs is 2. The molecule has 0 atom stereocenters. The molecule has 4 aromatic heterocycles. The van der Waals surface area contributed by atoms with Crippen LogP contribution in [0.2, 0.25) is 0 Å². The number of nitrogens with one attached hydrogen (secondary N) is 2. The van der Waals surface area contributed by atoms with Crippen LogP contribution in [0, 0.1) is 10.1 Å². The first-order valence-electron chi connectivity index (χ1n) is 8.09. The molecule has 0 saturated carbocycles. The molecule has 0 aliphatic carbocycles. The minimum Gasteiger partial charge on any atom is -0.464 e. The Balaban J connectivity index is 0.000000172. The number of nitrogens with zero attached hydrogens (tertiary/aromatic N) is 5. The maximum atomic E-state index is 11.3. The highest BCUT2D eigenvalue weighted by atomic mass is 16.6. The topological polar surface area (TPSA) is 205 Å². The van der Waals surface area contributed by atoms with Crippen LogP contribution in [0.15, 0.2) is 25.0 Å². The van der Waals surface area contributed by atoms with E-state index in [-0.39, 0.29) is 28.1 Å². The maximum Gasteiger partial charge on any atom is 0.358 e. The monoisotopic (exact) mass is 414 g/mol. The first kappa shape index (κ1) is 20.1. The molecule has 0 bridgehead atoms. The molecule has 154 valence electrons. The highest BCUT2D eigenvalue weighted by Crippen LogP contribution is 2.24. The number of rotatable bonds is 3. The Morgan fingerprint density at radius 3 is 1.97 bits per heavy atom. The first-order chi connectivity index (χ1) is 14.4. The fourth-order valence-corrected chi connectivity index (χ4v) is 2.53. The summed E-state index contributed by atoms with van der Waals surface area (Å²) in [6.07, 6.45) is 5.08. The van der Waals surface area contributed by atoms with Gasteiger partial charge in [-0.05, 0) is 0 Å². The second-order valence-electron chi connectivity index (χ2n) is 5.55. The predicted octanol–water partition coefficient (Wildman–Crippen LogP) is 0.979. The number of nitro groups is 1. The van der Waals surface area contributed by atoms with Crippen molar-refractivity contribution < 1.29 is 24.0 Å². The van der Waals surface area contributed by atoms with E-state index in [9.17, 15) is 19.7 Å². The van der Waals surface area contributed by atoms with Crippen LogP contribution < -0.4 is 5.73 Å². The van der Waals surface area contributed by atoms with E-state index in [4.69, 9.17) is 5.73 Å². The van der Waals surface area contributed by atoms with E-state index in [2.05, 4.69) is 39.4 Å². The van der Waals surface area contributed by atoms with Crippen LogP contribution >= 0.6 is 0 Å². The third-order valence-electron chi connectivity index (χ3n) is 3.89. The second-order valence-corrected chi connectivity index (χ2v) is 5.55. The van der Waals surface area contributed by atoms with Gasteiger partial charge >= 0.3 is 17.6 Å². The van der Waals surface area contributed by atoms with Crippen molar-refractivity contribution in [3.8, 4) is 0 Å². The van der Waals surface area contributed by atoms with Gasteiger partial charge in [-0.25, -0.2) is 29.5 Å². The van der Waals surface area contributed by atoms with Crippen LogP contribution in [-0.2, 0) is 9.47 Å². The number of hydrogen-bond donors (Lipinski definition) is 3. The van der Waals surface area contributed by atoms with E-state index < -0.39 is 16.9 Å². The second kappa shape index (κ2) is 8.17. The smallest absolute Gasteiger partial charge is 0.358 e. The Morgan fingerprint density at radius 2 is 1.43 bits per heavy atom.